The van der Waals surface area contributed by atoms with Crippen molar-refractivity contribution in [3.8, 4) is 5.75 Å². The number of thioether (sulfide) groups is 1. The van der Waals surface area contributed by atoms with Crippen LogP contribution in [0.2, 0.25) is 0 Å². The van der Waals surface area contributed by atoms with Gasteiger partial charge in [-0.2, -0.15) is 11.8 Å². The number of benzene rings is 2. The maximum atomic E-state index is 13.2. The van der Waals surface area contributed by atoms with Gasteiger partial charge in [0.15, 0.2) is 0 Å². The molecule has 2 aromatic rings. The first-order valence-corrected chi connectivity index (χ1v) is 12.2. The van der Waals surface area contributed by atoms with E-state index in [0.717, 1.165) is 63.9 Å². The highest BCUT2D eigenvalue weighted by molar-refractivity contribution is 7.99. The van der Waals surface area contributed by atoms with Gasteiger partial charge in [0.2, 0.25) is 0 Å². The van der Waals surface area contributed by atoms with Crippen LogP contribution in [0.3, 0.4) is 0 Å². The van der Waals surface area contributed by atoms with E-state index in [2.05, 4.69) is 44.7 Å². The summed E-state index contributed by atoms with van der Waals surface area (Å²) >= 11 is 2.08. The summed E-state index contributed by atoms with van der Waals surface area (Å²) in [6.07, 6.45) is 1.30. The molecule has 0 radical (unpaired) electrons. The molecule has 0 spiro atoms. The van der Waals surface area contributed by atoms with Gasteiger partial charge >= 0.3 is 0 Å². The van der Waals surface area contributed by atoms with Gasteiger partial charge < -0.3 is 9.64 Å². The number of hydrogen-bond acceptors (Lipinski definition) is 5. The number of piperazine rings is 1. The molecule has 0 aliphatic carbocycles. The molecular formula is C24H30FN3OS. The number of nitrogens with zero attached hydrogens (tertiary/aromatic N) is 3. The van der Waals surface area contributed by atoms with Gasteiger partial charge in [-0.25, -0.2) is 4.39 Å². The molecule has 6 heteroatoms. The van der Waals surface area contributed by atoms with Crippen LogP contribution in [0.1, 0.15) is 17.5 Å². The van der Waals surface area contributed by atoms with Crippen LogP contribution in [0, 0.1) is 5.82 Å². The van der Waals surface area contributed by atoms with E-state index < -0.39 is 0 Å². The van der Waals surface area contributed by atoms with Crippen LogP contribution in [0.15, 0.2) is 42.5 Å². The Bertz CT molecular complexity index is 848. The second kappa shape index (κ2) is 9.16. The highest BCUT2D eigenvalue weighted by Gasteiger charge is 2.26. The van der Waals surface area contributed by atoms with Gasteiger partial charge in [0.05, 0.1) is 0 Å². The molecule has 3 aliphatic rings. The third kappa shape index (κ3) is 4.61. The molecule has 4 nitrogen and oxygen atoms in total. The van der Waals surface area contributed by atoms with Crippen molar-refractivity contribution in [2.45, 2.75) is 25.6 Å². The predicted octanol–water partition coefficient (Wildman–Crippen LogP) is 3.85. The fraction of sp³-hybridized carbons (Fsp3) is 0.500. The summed E-state index contributed by atoms with van der Waals surface area (Å²) in [6, 6.07) is 14.3. The van der Waals surface area contributed by atoms with Crippen molar-refractivity contribution in [2.24, 2.45) is 0 Å². The van der Waals surface area contributed by atoms with Crippen LogP contribution < -0.4 is 9.64 Å². The Kier molecular flexibility index (Phi) is 6.16. The highest BCUT2D eigenvalue weighted by atomic mass is 32.2. The molecular weight excluding hydrogens is 397 g/mol. The van der Waals surface area contributed by atoms with Crippen LogP contribution in [0.5, 0.6) is 5.75 Å². The maximum Gasteiger partial charge on any atom is 0.123 e. The number of anilines is 1. The van der Waals surface area contributed by atoms with Crippen LogP contribution in [0.4, 0.5) is 10.1 Å². The van der Waals surface area contributed by atoms with Crippen molar-refractivity contribution in [3.63, 3.8) is 0 Å². The highest BCUT2D eigenvalue weighted by Crippen LogP contribution is 2.30. The van der Waals surface area contributed by atoms with E-state index >= 15 is 0 Å². The van der Waals surface area contributed by atoms with Gasteiger partial charge in [-0.05, 0) is 54.1 Å². The number of fused-ring (bicyclic) bond motifs is 1. The lowest BCUT2D eigenvalue weighted by Gasteiger charge is -2.36. The molecule has 0 saturated carbocycles. The number of ether oxygens (including phenoxy) is 1. The van der Waals surface area contributed by atoms with Crippen molar-refractivity contribution < 1.29 is 9.13 Å². The Morgan fingerprint density at radius 3 is 2.60 bits per heavy atom. The second-order valence-electron chi connectivity index (χ2n) is 8.52. The Hall–Kier alpha value is -1.76. The number of halogens is 1. The van der Waals surface area contributed by atoms with E-state index in [9.17, 15) is 4.39 Å². The summed E-state index contributed by atoms with van der Waals surface area (Å²) < 4.78 is 19.2. The van der Waals surface area contributed by atoms with Crippen LogP contribution in [-0.2, 0) is 13.1 Å². The lowest BCUT2D eigenvalue weighted by atomic mass is 10.1. The van der Waals surface area contributed by atoms with E-state index in [4.69, 9.17) is 4.74 Å². The minimum atomic E-state index is -0.171. The molecule has 2 aromatic carbocycles. The second-order valence-corrected chi connectivity index (χ2v) is 9.67. The van der Waals surface area contributed by atoms with Gasteiger partial charge in [0.1, 0.15) is 18.2 Å². The Balaban J connectivity index is 1.20. The van der Waals surface area contributed by atoms with Crippen molar-refractivity contribution in [2.75, 3.05) is 55.7 Å². The maximum absolute atomic E-state index is 13.2. The topological polar surface area (TPSA) is 19.0 Å². The van der Waals surface area contributed by atoms with E-state index in [-0.39, 0.29) is 5.82 Å². The third-order valence-electron chi connectivity index (χ3n) is 6.53. The minimum Gasteiger partial charge on any atom is -0.492 e. The Morgan fingerprint density at radius 2 is 1.83 bits per heavy atom. The van der Waals surface area contributed by atoms with Crippen molar-refractivity contribution >= 4 is 17.4 Å². The summed E-state index contributed by atoms with van der Waals surface area (Å²) in [7, 11) is 0. The van der Waals surface area contributed by atoms with Gasteiger partial charge in [-0.3, -0.25) is 9.80 Å². The van der Waals surface area contributed by atoms with E-state index in [1.807, 2.05) is 12.1 Å². The number of hydrogen-bond donors (Lipinski definition) is 0. The molecule has 0 amide bonds. The zero-order valence-electron chi connectivity index (χ0n) is 17.4. The summed E-state index contributed by atoms with van der Waals surface area (Å²) in [6.45, 7) is 7.81. The third-order valence-corrected chi connectivity index (χ3v) is 7.67. The summed E-state index contributed by atoms with van der Waals surface area (Å²) in [4.78, 5) is 7.49. The standard InChI is InChI=1S/C24H30FN3OS/c25-21-2-4-22(5-3-21)27-10-8-26(9-11-27)16-19-1-6-24-20(15-19)17-28(12-13-29-24)23-7-14-30-18-23/h1-6,15,23H,7-14,16-18H2. The first-order chi connectivity index (χ1) is 14.7. The molecule has 160 valence electrons. The summed E-state index contributed by atoms with van der Waals surface area (Å²) in [5, 5.41) is 0. The lowest BCUT2D eigenvalue weighted by Crippen LogP contribution is -2.46. The Morgan fingerprint density at radius 1 is 1.00 bits per heavy atom. The first-order valence-electron chi connectivity index (χ1n) is 11.0. The minimum absolute atomic E-state index is 0.171. The quantitative estimate of drug-likeness (QED) is 0.736. The van der Waals surface area contributed by atoms with Crippen LogP contribution in [0.25, 0.3) is 0 Å². The molecule has 2 saturated heterocycles. The molecule has 3 aliphatic heterocycles. The SMILES string of the molecule is Fc1ccc(N2CCN(Cc3ccc4c(c3)CN(C3CCSC3)CCO4)CC2)cc1. The van der Waals surface area contributed by atoms with E-state index in [1.54, 1.807) is 12.1 Å². The Labute approximate surface area is 183 Å². The molecule has 1 unspecified atom stereocenters. The fourth-order valence-electron chi connectivity index (χ4n) is 4.76. The van der Waals surface area contributed by atoms with E-state index in [1.165, 1.54) is 29.1 Å². The van der Waals surface area contributed by atoms with Gasteiger partial charge in [-0.15, -0.1) is 0 Å². The van der Waals surface area contributed by atoms with Crippen molar-refractivity contribution in [1.82, 2.24) is 9.80 Å². The van der Waals surface area contributed by atoms with Crippen LogP contribution in [-0.4, -0.2) is 66.7 Å². The van der Waals surface area contributed by atoms with Gasteiger partial charge in [0, 0.05) is 68.9 Å². The van der Waals surface area contributed by atoms with E-state index in [0.29, 0.717) is 6.04 Å². The molecule has 1 atom stereocenters. The molecule has 3 heterocycles. The molecule has 2 fully saturated rings. The average molecular weight is 428 g/mol. The van der Waals surface area contributed by atoms with Gasteiger partial charge in [-0.1, -0.05) is 6.07 Å². The zero-order valence-corrected chi connectivity index (χ0v) is 18.2. The fourth-order valence-corrected chi connectivity index (χ4v) is 6.02. The molecule has 0 N–H and O–H groups in total. The molecule has 5 rings (SSSR count). The average Bonchev–Trinajstić information content (AvgIpc) is 3.22. The summed E-state index contributed by atoms with van der Waals surface area (Å²) in [5.74, 6) is 3.44. The van der Waals surface area contributed by atoms with Crippen molar-refractivity contribution in [3.05, 3.63) is 59.4 Å². The molecule has 0 aromatic heterocycles. The largest absolute Gasteiger partial charge is 0.492 e. The summed E-state index contributed by atoms with van der Waals surface area (Å²) in [5.41, 5.74) is 3.82. The predicted molar refractivity (Wildman–Crippen MR) is 122 cm³/mol. The monoisotopic (exact) mass is 427 g/mol. The normalized spacial score (nSPS) is 23.1. The van der Waals surface area contributed by atoms with Crippen molar-refractivity contribution in [1.29, 1.82) is 0 Å². The smallest absolute Gasteiger partial charge is 0.123 e. The zero-order chi connectivity index (χ0) is 20.3. The number of rotatable bonds is 4. The molecule has 0 bridgehead atoms. The lowest BCUT2D eigenvalue weighted by molar-refractivity contribution is 0.182. The molecule has 30 heavy (non-hydrogen) atoms. The van der Waals surface area contributed by atoms with Gasteiger partial charge in [0.25, 0.3) is 0 Å². The first kappa shape index (κ1) is 20.2. The van der Waals surface area contributed by atoms with Crippen LogP contribution >= 0.6 is 11.8 Å².